The minimum atomic E-state index is -2.62. The number of hydrogen-bond acceptors (Lipinski definition) is 17. The maximum Gasteiger partial charge on any atom is 0.261 e. The first-order valence-electron chi connectivity index (χ1n) is 32.9. The molecule has 0 bridgehead atoms. The lowest BCUT2D eigenvalue weighted by molar-refractivity contribution is 0.233. The van der Waals surface area contributed by atoms with Crippen LogP contribution >= 0.6 is 35.3 Å². The molecule has 12 rings (SSSR count). The molecule has 0 spiro atoms. The van der Waals surface area contributed by atoms with Gasteiger partial charge in [0.25, 0.3) is 16.6 Å². The Morgan fingerprint density at radius 2 is 0.598 bits per heavy atom. The summed E-state index contributed by atoms with van der Waals surface area (Å²) in [7, 11) is -5.25. The maximum absolute atomic E-state index is 7.35. The predicted octanol–water partition coefficient (Wildman–Crippen LogP) is 7.51. The molecule has 0 aromatic heterocycles. The molecule has 0 saturated carbocycles. The molecule has 4 saturated heterocycles. The van der Waals surface area contributed by atoms with Gasteiger partial charge in [-0.15, -0.1) is 0 Å². The Bertz CT molecular complexity index is 2710. The van der Waals surface area contributed by atoms with E-state index in [-0.39, 0.29) is 22.2 Å². The van der Waals surface area contributed by atoms with E-state index in [0.717, 1.165) is 149 Å². The van der Waals surface area contributed by atoms with Crippen molar-refractivity contribution in [3.8, 4) is 0 Å². The van der Waals surface area contributed by atoms with E-state index in [1.165, 1.54) is 33.6 Å². The first-order valence-corrected chi connectivity index (χ1v) is 40.2. The second kappa shape index (κ2) is 28.3. The third-order valence-electron chi connectivity index (χ3n) is 19.4. The summed E-state index contributed by atoms with van der Waals surface area (Å²) in [4.78, 5) is 31.3. The number of benzene rings is 4. The Kier molecular flexibility index (Phi) is 20.3. The van der Waals surface area contributed by atoms with Crippen molar-refractivity contribution in [3.63, 3.8) is 0 Å². The summed E-state index contributed by atoms with van der Waals surface area (Å²) in [6, 6.07) is 46.7. The van der Waals surface area contributed by atoms with Gasteiger partial charge in [0, 0.05) is 111 Å². The van der Waals surface area contributed by atoms with Gasteiger partial charge in [-0.25, -0.2) is 20.0 Å². The van der Waals surface area contributed by atoms with Crippen LogP contribution in [-0.4, -0.2) is 208 Å². The highest BCUT2D eigenvalue weighted by Gasteiger charge is 2.52. The lowest BCUT2D eigenvalue weighted by atomic mass is 10.1. The molecular formula is C68H98N12O2S3Si2. The van der Waals surface area contributed by atoms with Crippen LogP contribution in [0.2, 0.25) is 10.1 Å². The van der Waals surface area contributed by atoms with Crippen LogP contribution in [-0.2, 0) is 8.85 Å². The van der Waals surface area contributed by atoms with Crippen LogP contribution in [0.15, 0.2) is 141 Å². The van der Waals surface area contributed by atoms with Gasteiger partial charge in [0.1, 0.15) is 0 Å². The van der Waals surface area contributed by atoms with Gasteiger partial charge in [0.2, 0.25) is 0 Å². The fourth-order valence-corrected chi connectivity index (χ4v) is 27.3. The second-order valence-corrected chi connectivity index (χ2v) is 39.4. The van der Waals surface area contributed by atoms with E-state index >= 15 is 0 Å². The largest absolute Gasteiger partial charge is 0.405 e. The highest BCUT2D eigenvalue weighted by Crippen LogP contribution is 2.39. The molecule has 0 radical (unpaired) electrons. The van der Waals surface area contributed by atoms with Crippen LogP contribution in [0.3, 0.4) is 0 Å². The van der Waals surface area contributed by atoms with Gasteiger partial charge in [-0.3, -0.25) is 0 Å². The number of nitrogens with one attached hydrogen (secondary N) is 4. The number of fused-ring (bicyclic) bond motifs is 4. The Morgan fingerprint density at radius 3 is 0.874 bits per heavy atom. The molecule has 468 valence electrons. The fourth-order valence-electron chi connectivity index (χ4n) is 14.6. The average molecular weight is 1270 g/mol. The molecule has 4 N–H and O–H groups in total. The number of hydrogen-bond donors (Lipinski definition) is 4. The Balaban J connectivity index is 0.563. The smallest absolute Gasteiger partial charge is 0.261 e. The van der Waals surface area contributed by atoms with Crippen molar-refractivity contribution in [2.24, 2.45) is 20.0 Å². The minimum absolute atomic E-state index is 0.0523. The van der Waals surface area contributed by atoms with Crippen molar-refractivity contribution >= 4 is 96.5 Å². The zero-order valence-electron chi connectivity index (χ0n) is 52.8. The van der Waals surface area contributed by atoms with E-state index in [0.29, 0.717) is 49.5 Å². The molecule has 0 amide bonds. The van der Waals surface area contributed by atoms with Crippen LogP contribution < -0.4 is 42.0 Å². The van der Waals surface area contributed by atoms with E-state index in [1.807, 2.05) is 0 Å². The van der Waals surface area contributed by atoms with Crippen LogP contribution in [0.1, 0.15) is 92.9 Å². The van der Waals surface area contributed by atoms with Gasteiger partial charge >= 0.3 is 0 Å². The monoisotopic (exact) mass is 1270 g/mol. The number of nitrogens with zero attached hydrogens (tertiary/aromatic N) is 8. The highest BCUT2D eigenvalue weighted by atomic mass is 32.2. The van der Waals surface area contributed by atoms with Crippen molar-refractivity contribution < 1.29 is 8.85 Å². The SMILES string of the molecule is CC(C)(C)[Si](OC[C@H]1CCN2CC[C@H](CSC[C@H]3CCN4CC[C@H](CSC[C@H]5CCN6CC[C@H](CSC[C@H]7CCN8CC[C@H](CO[Si](c9ccccc9)(c9ccccc9)C(C)(C)C)N=C8N7)N=C6N5)NC4=N3)NC2=N1)(c1ccccc1)c1ccccc1. The molecule has 8 heterocycles. The van der Waals surface area contributed by atoms with E-state index in [1.54, 1.807) is 0 Å². The molecule has 8 aliphatic rings. The normalized spacial score (nSPS) is 26.0. The summed E-state index contributed by atoms with van der Waals surface area (Å²) in [5, 5.41) is 20.8. The zero-order valence-corrected chi connectivity index (χ0v) is 57.2. The first kappa shape index (κ1) is 62.6. The molecular weight excluding hydrogens is 1170 g/mol. The Hall–Kier alpha value is -4.64. The summed E-state index contributed by atoms with van der Waals surface area (Å²) in [6.07, 6.45) is 8.94. The lowest BCUT2D eigenvalue weighted by Gasteiger charge is -2.44. The van der Waals surface area contributed by atoms with Gasteiger partial charge in [-0.05, 0) is 82.2 Å². The Morgan fingerprint density at radius 1 is 0.356 bits per heavy atom. The predicted molar refractivity (Wildman–Crippen MR) is 375 cm³/mol. The summed E-state index contributed by atoms with van der Waals surface area (Å²) in [5.74, 6) is 10.9. The molecule has 4 aromatic carbocycles. The number of guanidine groups is 4. The minimum Gasteiger partial charge on any atom is -0.405 e. The fraction of sp³-hybridized carbons (Fsp3) is 0.588. The number of thioether (sulfide) groups is 3. The Labute approximate surface area is 535 Å². The molecule has 8 atom stereocenters. The summed E-state index contributed by atoms with van der Waals surface area (Å²) in [5.41, 5.74) is 0. The molecule has 8 aliphatic heterocycles. The quantitative estimate of drug-likeness (QED) is 0.0581. The molecule has 0 unspecified atom stereocenters. The van der Waals surface area contributed by atoms with Crippen molar-refractivity contribution in [2.75, 3.05) is 100 Å². The standard InChI is InChI=1S/C68H98N12O2S3Si2/c1-67(2,3)86(59-19-11-7-12-20-59,60-21-13-8-14-22-60)81-43-51-27-35-77-37-29-53(71-63(77)69-51)45-83-47-55-31-39-79-41-33-57(75-65(79)73-55)49-85-50-58-34-42-80-40-32-56(74-66(80)76-58)48-84-46-54-30-38-78-36-28-52(70-64(78)72-54)44-82-87(68(4,5)6,61-23-15-9-16-24-61)62-25-17-10-18-26-62/h7-26,51-58H,27-50H2,1-6H3,(H,69,71)(H,70,72)(H,73,75)(H,74,76)/t51-,52-,53-,54-,55-,56-,57-,58-/m1/s1. The average Bonchev–Trinajstić information content (AvgIpc) is 1.27. The van der Waals surface area contributed by atoms with E-state index in [9.17, 15) is 0 Å². The summed E-state index contributed by atoms with van der Waals surface area (Å²) >= 11 is 6.23. The molecule has 19 heteroatoms. The van der Waals surface area contributed by atoms with E-state index in [2.05, 4.69) is 239 Å². The van der Waals surface area contributed by atoms with Crippen molar-refractivity contribution in [1.29, 1.82) is 0 Å². The second-order valence-electron chi connectivity index (χ2n) is 27.6. The van der Waals surface area contributed by atoms with Crippen LogP contribution in [0.25, 0.3) is 0 Å². The first-order chi connectivity index (χ1) is 42.3. The number of aliphatic imine (C=N–C) groups is 4. The van der Waals surface area contributed by atoms with Gasteiger partial charge in [-0.2, -0.15) is 35.3 Å². The zero-order chi connectivity index (χ0) is 59.9. The summed E-state index contributed by atoms with van der Waals surface area (Å²) < 4.78 is 14.7. The third kappa shape index (κ3) is 14.6. The van der Waals surface area contributed by atoms with Crippen molar-refractivity contribution in [1.82, 2.24) is 40.9 Å². The van der Waals surface area contributed by atoms with Crippen molar-refractivity contribution in [3.05, 3.63) is 121 Å². The highest BCUT2D eigenvalue weighted by molar-refractivity contribution is 7.99. The van der Waals surface area contributed by atoms with Crippen LogP contribution in [0, 0.1) is 0 Å². The lowest BCUT2D eigenvalue weighted by Crippen LogP contribution is -2.67. The topological polar surface area (TPSA) is 129 Å². The molecule has 87 heavy (non-hydrogen) atoms. The third-order valence-corrected chi connectivity index (χ3v) is 33.2. The van der Waals surface area contributed by atoms with Gasteiger partial charge in [0.05, 0.1) is 37.4 Å². The molecule has 4 fully saturated rings. The summed E-state index contributed by atoms with van der Waals surface area (Å²) in [6.45, 7) is 24.0. The van der Waals surface area contributed by atoms with E-state index in [4.69, 9.17) is 28.8 Å². The van der Waals surface area contributed by atoms with Crippen molar-refractivity contribution in [2.45, 2.75) is 151 Å². The maximum atomic E-state index is 7.35. The van der Waals surface area contributed by atoms with Crippen LogP contribution in [0.5, 0.6) is 0 Å². The van der Waals surface area contributed by atoms with Gasteiger partial charge in [0.15, 0.2) is 23.8 Å². The van der Waals surface area contributed by atoms with Crippen LogP contribution in [0.4, 0.5) is 0 Å². The molecule has 0 aliphatic carbocycles. The molecule has 14 nitrogen and oxygen atoms in total. The molecule has 4 aromatic rings. The number of rotatable bonds is 22. The van der Waals surface area contributed by atoms with E-state index < -0.39 is 16.6 Å². The van der Waals surface area contributed by atoms with Gasteiger partial charge < -0.3 is 49.7 Å². The van der Waals surface area contributed by atoms with Gasteiger partial charge in [-0.1, -0.05) is 163 Å².